The van der Waals surface area contributed by atoms with Crippen LogP contribution in [0, 0.1) is 11.8 Å². The van der Waals surface area contributed by atoms with E-state index in [1.54, 1.807) is 11.8 Å². The van der Waals surface area contributed by atoms with Gasteiger partial charge in [-0.1, -0.05) is 51.3 Å². The summed E-state index contributed by atoms with van der Waals surface area (Å²) >= 11 is 1.79. The fourth-order valence-electron chi connectivity index (χ4n) is 3.92. The summed E-state index contributed by atoms with van der Waals surface area (Å²) in [5.74, 6) is 1.60. The topological polar surface area (TPSA) is 49.4 Å². The van der Waals surface area contributed by atoms with E-state index in [1.807, 2.05) is 35.2 Å². The van der Waals surface area contributed by atoms with Crippen LogP contribution in [0.25, 0.3) is 0 Å². The Morgan fingerprint density at radius 2 is 1.85 bits per heavy atom. The van der Waals surface area contributed by atoms with Gasteiger partial charge in [-0.3, -0.25) is 9.59 Å². The van der Waals surface area contributed by atoms with Gasteiger partial charge in [0, 0.05) is 17.9 Å². The van der Waals surface area contributed by atoms with Crippen molar-refractivity contribution in [2.24, 2.45) is 11.8 Å². The van der Waals surface area contributed by atoms with E-state index in [-0.39, 0.29) is 23.2 Å². The van der Waals surface area contributed by atoms with Gasteiger partial charge >= 0.3 is 0 Å². The van der Waals surface area contributed by atoms with E-state index in [1.165, 1.54) is 19.3 Å². The molecule has 0 unspecified atom stereocenters. The molecule has 26 heavy (non-hydrogen) atoms. The highest BCUT2D eigenvalue weighted by atomic mass is 32.2. The van der Waals surface area contributed by atoms with Crippen LogP contribution in [0.2, 0.25) is 0 Å². The van der Waals surface area contributed by atoms with E-state index in [0.29, 0.717) is 29.7 Å². The van der Waals surface area contributed by atoms with Gasteiger partial charge in [0.15, 0.2) is 0 Å². The van der Waals surface area contributed by atoms with Crippen molar-refractivity contribution in [2.45, 2.75) is 57.4 Å². The molecule has 2 fully saturated rings. The van der Waals surface area contributed by atoms with Gasteiger partial charge in [0.2, 0.25) is 5.91 Å². The molecule has 1 saturated heterocycles. The lowest BCUT2D eigenvalue weighted by molar-refractivity contribution is -0.125. The minimum atomic E-state index is -0.363. The molecule has 3 rings (SSSR count). The quantitative estimate of drug-likeness (QED) is 0.850. The number of benzene rings is 1. The minimum Gasteiger partial charge on any atom is -0.354 e. The first-order valence-electron chi connectivity index (χ1n) is 9.85. The lowest BCUT2D eigenvalue weighted by Crippen LogP contribution is -2.51. The van der Waals surface area contributed by atoms with E-state index in [0.717, 1.165) is 12.8 Å². The molecule has 0 aromatic heterocycles. The zero-order valence-corrected chi connectivity index (χ0v) is 16.6. The number of nitrogens with one attached hydrogen (secondary N) is 1. The van der Waals surface area contributed by atoms with Crippen LogP contribution in [0.1, 0.15) is 56.3 Å². The number of rotatable bonds is 5. The Kier molecular flexibility index (Phi) is 6.63. The van der Waals surface area contributed by atoms with E-state index in [9.17, 15) is 9.59 Å². The normalized spacial score (nSPS) is 24.0. The molecule has 1 saturated carbocycles. The maximum Gasteiger partial charge on any atom is 0.255 e. The second-order valence-electron chi connectivity index (χ2n) is 7.86. The van der Waals surface area contributed by atoms with Gasteiger partial charge < -0.3 is 10.2 Å². The maximum absolute atomic E-state index is 13.3. The van der Waals surface area contributed by atoms with Crippen LogP contribution in [0.4, 0.5) is 0 Å². The fourth-order valence-corrected chi connectivity index (χ4v) is 5.56. The third-order valence-electron chi connectivity index (χ3n) is 5.33. The van der Waals surface area contributed by atoms with Crippen LogP contribution in [0.3, 0.4) is 0 Å². The number of hydrogen-bond donors (Lipinski definition) is 1. The summed E-state index contributed by atoms with van der Waals surface area (Å²) < 4.78 is 0. The van der Waals surface area contributed by atoms with Crippen molar-refractivity contribution in [1.82, 2.24) is 10.2 Å². The summed E-state index contributed by atoms with van der Waals surface area (Å²) in [5, 5.41) is 3.16. The predicted molar refractivity (Wildman–Crippen MR) is 107 cm³/mol. The first kappa shape index (κ1) is 19.3. The molecule has 1 heterocycles. The number of carbonyl (C=O) groups is 2. The number of nitrogens with zero attached hydrogens (tertiary/aromatic N) is 1. The highest BCUT2D eigenvalue weighted by Gasteiger charge is 2.45. The Morgan fingerprint density at radius 3 is 2.50 bits per heavy atom. The molecular formula is C21H30N2O2S. The first-order chi connectivity index (χ1) is 12.6. The van der Waals surface area contributed by atoms with Crippen molar-refractivity contribution in [1.29, 1.82) is 0 Å². The molecule has 1 aromatic rings. The van der Waals surface area contributed by atoms with Crippen LogP contribution in [-0.2, 0) is 4.79 Å². The molecule has 142 valence electrons. The smallest absolute Gasteiger partial charge is 0.255 e. The Balaban J connectivity index is 1.81. The van der Waals surface area contributed by atoms with Crippen molar-refractivity contribution in [3.05, 3.63) is 35.9 Å². The Labute approximate surface area is 161 Å². The fraction of sp³-hybridized carbons (Fsp3) is 0.619. The van der Waals surface area contributed by atoms with E-state index >= 15 is 0 Å². The standard InChI is InChI=1S/C21H30N2O2S/c1-15(2)13-22-19(24)18-14-26-21(17-11-7-4-8-12-17)23(18)20(25)16-9-5-3-6-10-16/h3,5-6,9-10,15,17-18,21H,4,7-8,11-14H2,1-2H3,(H,22,24)/t18-,21-/m1/s1. The van der Waals surface area contributed by atoms with Crippen LogP contribution < -0.4 is 5.32 Å². The lowest BCUT2D eigenvalue weighted by Gasteiger charge is -2.35. The third-order valence-corrected chi connectivity index (χ3v) is 6.79. The van der Waals surface area contributed by atoms with Crippen molar-refractivity contribution in [3.63, 3.8) is 0 Å². The number of carbonyl (C=O) groups excluding carboxylic acids is 2. The Bertz CT molecular complexity index is 614. The summed E-state index contributed by atoms with van der Waals surface area (Å²) in [7, 11) is 0. The summed E-state index contributed by atoms with van der Waals surface area (Å²) in [6.07, 6.45) is 6.09. The van der Waals surface area contributed by atoms with Gasteiger partial charge in [-0.05, 0) is 36.8 Å². The Hall–Kier alpha value is -1.49. The largest absolute Gasteiger partial charge is 0.354 e. The molecule has 0 spiro atoms. The third kappa shape index (κ3) is 4.43. The molecule has 1 aliphatic heterocycles. The number of amides is 2. The summed E-state index contributed by atoms with van der Waals surface area (Å²) in [5.41, 5.74) is 0.678. The zero-order valence-electron chi connectivity index (χ0n) is 15.8. The molecule has 2 aliphatic rings. The van der Waals surface area contributed by atoms with Crippen molar-refractivity contribution in [3.8, 4) is 0 Å². The monoisotopic (exact) mass is 374 g/mol. The predicted octanol–water partition coefficient (Wildman–Crippen LogP) is 3.92. The van der Waals surface area contributed by atoms with Gasteiger partial charge in [0.25, 0.3) is 5.91 Å². The van der Waals surface area contributed by atoms with Gasteiger partial charge in [0.1, 0.15) is 6.04 Å². The van der Waals surface area contributed by atoms with Gasteiger partial charge in [-0.25, -0.2) is 0 Å². The summed E-state index contributed by atoms with van der Waals surface area (Å²) in [6.45, 7) is 4.82. The molecule has 1 aliphatic carbocycles. The van der Waals surface area contributed by atoms with Crippen LogP contribution >= 0.6 is 11.8 Å². The molecule has 1 N–H and O–H groups in total. The zero-order chi connectivity index (χ0) is 18.5. The van der Waals surface area contributed by atoms with Crippen LogP contribution in [-0.4, -0.2) is 40.4 Å². The summed E-state index contributed by atoms with van der Waals surface area (Å²) in [4.78, 5) is 28.0. The molecule has 0 radical (unpaired) electrons. The average Bonchev–Trinajstić information content (AvgIpc) is 3.12. The molecular weight excluding hydrogens is 344 g/mol. The van der Waals surface area contributed by atoms with Gasteiger partial charge in [0.05, 0.1) is 5.37 Å². The molecule has 5 heteroatoms. The first-order valence-corrected chi connectivity index (χ1v) is 10.9. The van der Waals surface area contributed by atoms with Crippen LogP contribution in [0.5, 0.6) is 0 Å². The number of thioether (sulfide) groups is 1. The van der Waals surface area contributed by atoms with E-state index in [4.69, 9.17) is 0 Å². The molecule has 1 aromatic carbocycles. The lowest BCUT2D eigenvalue weighted by atomic mass is 9.88. The van der Waals surface area contributed by atoms with E-state index in [2.05, 4.69) is 19.2 Å². The summed E-state index contributed by atoms with van der Waals surface area (Å²) in [6, 6.07) is 9.04. The van der Waals surface area contributed by atoms with Gasteiger partial charge in [-0.15, -0.1) is 11.8 Å². The minimum absolute atomic E-state index is 0.00382. The second-order valence-corrected chi connectivity index (χ2v) is 9.00. The van der Waals surface area contributed by atoms with Gasteiger partial charge in [-0.2, -0.15) is 0 Å². The number of hydrogen-bond acceptors (Lipinski definition) is 3. The molecule has 0 bridgehead atoms. The molecule has 2 atom stereocenters. The van der Waals surface area contributed by atoms with Crippen molar-refractivity contribution >= 4 is 23.6 Å². The van der Waals surface area contributed by atoms with Crippen molar-refractivity contribution in [2.75, 3.05) is 12.3 Å². The van der Waals surface area contributed by atoms with Crippen LogP contribution in [0.15, 0.2) is 30.3 Å². The maximum atomic E-state index is 13.3. The second kappa shape index (κ2) is 8.94. The highest BCUT2D eigenvalue weighted by molar-refractivity contribution is 8.00. The highest BCUT2D eigenvalue weighted by Crippen LogP contribution is 2.41. The van der Waals surface area contributed by atoms with Crippen molar-refractivity contribution < 1.29 is 9.59 Å². The van der Waals surface area contributed by atoms with E-state index < -0.39 is 0 Å². The Morgan fingerprint density at radius 1 is 1.15 bits per heavy atom. The SMILES string of the molecule is CC(C)CNC(=O)[C@H]1CS[C@H](C2CCCCC2)N1C(=O)c1ccccc1. The molecule has 2 amide bonds. The molecule has 4 nitrogen and oxygen atoms in total. The average molecular weight is 375 g/mol.